The maximum absolute atomic E-state index is 13.1. The fraction of sp³-hybridized carbons (Fsp3) is 0.400. The molecule has 0 bridgehead atoms. The lowest BCUT2D eigenvalue weighted by Crippen LogP contribution is -2.44. The van der Waals surface area contributed by atoms with Crippen LogP contribution < -0.4 is 5.32 Å². The molecule has 1 aliphatic heterocycles. The van der Waals surface area contributed by atoms with Gasteiger partial charge in [-0.15, -0.1) is 0 Å². The molecule has 1 saturated heterocycles. The van der Waals surface area contributed by atoms with Gasteiger partial charge in [-0.05, 0) is 23.8 Å². The lowest BCUT2D eigenvalue weighted by atomic mass is 10.1. The second kappa shape index (κ2) is 9.63. The van der Waals surface area contributed by atoms with E-state index in [2.05, 4.69) is 10.3 Å². The largest absolute Gasteiger partial charge is 0.433 e. The van der Waals surface area contributed by atoms with Crippen LogP contribution in [0.25, 0.3) is 0 Å². The third kappa shape index (κ3) is 5.70. The molecule has 0 spiro atoms. The molecule has 0 radical (unpaired) electrons. The van der Waals surface area contributed by atoms with Crippen LogP contribution in [0.3, 0.4) is 0 Å². The van der Waals surface area contributed by atoms with Crippen molar-refractivity contribution in [3.8, 4) is 0 Å². The highest BCUT2D eigenvalue weighted by atomic mass is 35.5. The number of rotatable bonds is 5. The van der Waals surface area contributed by atoms with E-state index in [1.165, 1.54) is 6.07 Å². The average Bonchev–Trinajstić information content (AvgIpc) is 2.73. The van der Waals surface area contributed by atoms with Gasteiger partial charge in [0.25, 0.3) is 5.91 Å². The maximum atomic E-state index is 13.1. The monoisotopic (exact) mass is 481 g/mol. The third-order valence-electron chi connectivity index (χ3n) is 4.95. The van der Waals surface area contributed by atoms with Gasteiger partial charge in [-0.2, -0.15) is 26.3 Å². The molecule has 3 rings (SSSR count). The van der Waals surface area contributed by atoms with Crippen molar-refractivity contribution in [1.82, 2.24) is 15.2 Å². The van der Waals surface area contributed by atoms with Crippen LogP contribution in [0.5, 0.6) is 0 Å². The van der Waals surface area contributed by atoms with E-state index in [0.29, 0.717) is 31.9 Å². The Bertz CT molecular complexity index is 944. The Labute approximate surface area is 184 Å². The molecule has 1 fully saturated rings. The second-order valence-corrected chi connectivity index (χ2v) is 7.39. The molecule has 1 amide bonds. The fourth-order valence-electron chi connectivity index (χ4n) is 3.33. The molecule has 174 valence electrons. The number of carbonyl (C=O) groups is 1. The van der Waals surface area contributed by atoms with Gasteiger partial charge >= 0.3 is 12.4 Å². The summed E-state index contributed by atoms with van der Waals surface area (Å²) in [5.74, 6) is -0.834. The van der Waals surface area contributed by atoms with Crippen LogP contribution in [0.1, 0.15) is 33.2 Å². The first-order chi connectivity index (χ1) is 15.0. The number of nitrogens with one attached hydrogen (secondary N) is 1. The summed E-state index contributed by atoms with van der Waals surface area (Å²) < 4.78 is 83.0. The van der Waals surface area contributed by atoms with Crippen LogP contribution in [0.15, 0.2) is 36.5 Å². The van der Waals surface area contributed by atoms with Crippen LogP contribution >= 0.6 is 11.6 Å². The summed E-state index contributed by atoms with van der Waals surface area (Å²) in [5.41, 5.74) is -2.13. The predicted octanol–water partition coefficient (Wildman–Crippen LogP) is 4.58. The molecule has 32 heavy (non-hydrogen) atoms. The molecular formula is C20H18ClF6N3O2. The number of carbonyl (C=O) groups excluding carboxylic acids is 1. The number of hydrogen-bond donors (Lipinski definition) is 1. The Kier molecular flexibility index (Phi) is 7.31. The minimum atomic E-state index is -4.73. The standard InChI is InChI=1S/C20H18ClF6N3O2/c21-17-13(2-1-3-14(17)19(22,23)24)18(31)29-11-15(30-6-8-32-9-7-30)12-4-5-16(28-10-12)20(25,26)27/h1-5,10,15H,6-9,11H2,(H,29,31). The molecule has 1 N–H and O–H groups in total. The summed E-state index contributed by atoms with van der Waals surface area (Å²) in [5, 5.41) is 1.81. The smallest absolute Gasteiger partial charge is 0.379 e. The van der Waals surface area contributed by atoms with Crippen LogP contribution in [0.4, 0.5) is 26.3 Å². The van der Waals surface area contributed by atoms with Crippen molar-refractivity contribution < 1.29 is 35.9 Å². The summed E-state index contributed by atoms with van der Waals surface area (Å²) in [6.45, 7) is 1.59. The Morgan fingerprint density at radius 3 is 2.34 bits per heavy atom. The Hall–Kier alpha value is -2.37. The predicted molar refractivity (Wildman–Crippen MR) is 103 cm³/mol. The van der Waals surface area contributed by atoms with E-state index in [4.69, 9.17) is 16.3 Å². The molecule has 2 heterocycles. The zero-order valence-electron chi connectivity index (χ0n) is 16.4. The van der Waals surface area contributed by atoms with Crippen LogP contribution in [0.2, 0.25) is 5.02 Å². The van der Waals surface area contributed by atoms with E-state index < -0.39 is 40.6 Å². The molecule has 1 atom stereocenters. The third-order valence-corrected chi connectivity index (χ3v) is 5.36. The molecule has 5 nitrogen and oxygen atoms in total. The SMILES string of the molecule is O=C(NCC(c1ccc(C(F)(F)F)nc1)N1CCOCC1)c1cccc(C(F)(F)F)c1Cl. The van der Waals surface area contributed by atoms with Gasteiger partial charge in [0.1, 0.15) is 5.69 Å². The topological polar surface area (TPSA) is 54.5 Å². The number of aromatic nitrogens is 1. The number of amides is 1. The first kappa shape index (κ1) is 24.3. The number of pyridine rings is 1. The number of halogens is 7. The van der Waals surface area contributed by atoms with Gasteiger partial charge in [-0.1, -0.05) is 23.7 Å². The first-order valence-corrected chi connectivity index (χ1v) is 9.85. The molecule has 2 aromatic rings. The molecule has 1 aromatic carbocycles. The van der Waals surface area contributed by atoms with Gasteiger partial charge in [0, 0.05) is 25.8 Å². The summed E-state index contributed by atoms with van der Waals surface area (Å²) >= 11 is 5.81. The van der Waals surface area contributed by atoms with Crippen molar-refractivity contribution in [3.05, 3.63) is 63.9 Å². The van der Waals surface area contributed by atoms with Gasteiger partial charge in [-0.3, -0.25) is 14.7 Å². The minimum absolute atomic E-state index is 0.0849. The number of hydrogen-bond acceptors (Lipinski definition) is 4. The van der Waals surface area contributed by atoms with E-state index in [0.717, 1.165) is 30.5 Å². The van der Waals surface area contributed by atoms with Crippen LogP contribution in [-0.4, -0.2) is 48.6 Å². The van der Waals surface area contributed by atoms with Crippen LogP contribution in [0, 0.1) is 0 Å². The van der Waals surface area contributed by atoms with E-state index in [1.54, 1.807) is 0 Å². The fourth-order valence-corrected chi connectivity index (χ4v) is 3.65. The highest BCUT2D eigenvalue weighted by Crippen LogP contribution is 2.36. The normalized spacial score (nSPS) is 16.6. The van der Waals surface area contributed by atoms with Gasteiger partial charge in [0.15, 0.2) is 0 Å². The van der Waals surface area contributed by atoms with Crippen molar-refractivity contribution in [1.29, 1.82) is 0 Å². The number of nitrogens with zero attached hydrogens (tertiary/aromatic N) is 2. The van der Waals surface area contributed by atoms with Crippen molar-refractivity contribution in [2.75, 3.05) is 32.8 Å². The summed E-state index contributed by atoms with van der Waals surface area (Å²) in [6.07, 6.45) is -8.25. The molecule has 12 heteroatoms. The summed E-state index contributed by atoms with van der Waals surface area (Å²) in [4.78, 5) is 17.9. The lowest BCUT2D eigenvalue weighted by Gasteiger charge is -2.34. The highest BCUT2D eigenvalue weighted by Gasteiger charge is 2.35. The van der Waals surface area contributed by atoms with Gasteiger partial charge in [0.2, 0.25) is 0 Å². The first-order valence-electron chi connectivity index (χ1n) is 9.47. The molecule has 0 aliphatic carbocycles. The zero-order valence-corrected chi connectivity index (χ0v) is 17.2. The van der Waals surface area contributed by atoms with E-state index >= 15 is 0 Å². The molecular weight excluding hydrogens is 464 g/mol. The lowest BCUT2D eigenvalue weighted by molar-refractivity contribution is -0.141. The Balaban J connectivity index is 1.81. The van der Waals surface area contributed by atoms with E-state index in [1.807, 2.05) is 4.90 Å². The molecule has 1 aliphatic rings. The Morgan fingerprint density at radius 2 is 1.78 bits per heavy atom. The molecule has 0 saturated carbocycles. The summed E-state index contributed by atoms with van der Waals surface area (Å²) in [7, 11) is 0. The second-order valence-electron chi connectivity index (χ2n) is 7.01. The average molecular weight is 482 g/mol. The minimum Gasteiger partial charge on any atom is -0.379 e. The van der Waals surface area contributed by atoms with Crippen molar-refractivity contribution in [3.63, 3.8) is 0 Å². The number of alkyl halides is 6. The van der Waals surface area contributed by atoms with Gasteiger partial charge in [-0.25, -0.2) is 0 Å². The van der Waals surface area contributed by atoms with E-state index in [9.17, 15) is 31.1 Å². The van der Waals surface area contributed by atoms with Crippen molar-refractivity contribution in [2.24, 2.45) is 0 Å². The number of ether oxygens (including phenoxy) is 1. The maximum Gasteiger partial charge on any atom is 0.433 e. The Morgan fingerprint density at radius 1 is 1.09 bits per heavy atom. The zero-order chi connectivity index (χ0) is 23.5. The van der Waals surface area contributed by atoms with Crippen molar-refractivity contribution in [2.45, 2.75) is 18.4 Å². The highest BCUT2D eigenvalue weighted by molar-refractivity contribution is 6.34. The molecule has 1 aromatic heterocycles. The van der Waals surface area contributed by atoms with E-state index in [-0.39, 0.29) is 12.1 Å². The molecule has 1 unspecified atom stereocenters. The number of benzene rings is 1. The van der Waals surface area contributed by atoms with Crippen molar-refractivity contribution >= 4 is 17.5 Å². The van der Waals surface area contributed by atoms with Crippen LogP contribution in [-0.2, 0) is 17.1 Å². The quantitative estimate of drug-likeness (QED) is 0.635. The van der Waals surface area contributed by atoms with Gasteiger partial charge < -0.3 is 10.1 Å². The van der Waals surface area contributed by atoms with Gasteiger partial charge in [0.05, 0.1) is 35.4 Å². The number of morpholine rings is 1. The summed E-state index contributed by atoms with van der Waals surface area (Å²) in [6, 6.07) is 4.54.